The number of hydrogen-bond donors (Lipinski definition) is 3. The lowest BCUT2D eigenvalue weighted by atomic mass is 10.2. The lowest BCUT2D eigenvalue weighted by Gasteiger charge is -2.10. The molecule has 0 radical (unpaired) electrons. The van der Waals surface area contributed by atoms with Crippen molar-refractivity contribution in [3.63, 3.8) is 0 Å². The minimum atomic E-state index is -0.433. The number of amides is 1. The molecule has 0 fully saturated rings. The number of thiocarbonyl (C=S) groups is 1. The SMILES string of the molecule is O=C(/C=C/c1ccc(F)cc1)NNC(=S)Nc1ccc(F)cc1. The molecular weight excluding hydrogens is 320 g/mol. The van der Waals surface area contributed by atoms with Gasteiger partial charge in [0, 0.05) is 11.8 Å². The Balaban J connectivity index is 1.78. The van der Waals surface area contributed by atoms with E-state index in [1.54, 1.807) is 12.1 Å². The molecule has 2 rings (SSSR count). The van der Waals surface area contributed by atoms with Crippen molar-refractivity contribution in [2.45, 2.75) is 0 Å². The van der Waals surface area contributed by atoms with E-state index in [9.17, 15) is 13.6 Å². The van der Waals surface area contributed by atoms with Crippen molar-refractivity contribution < 1.29 is 13.6 Å². The molecule has 1 amide bonds. The Bertz CT molecular complexity index is 715. The van der Waals surface area contributed by atoms with Gasteiger partial charge in [0.25, 0.3) is 5.91 Å². The predicted octanol–water partition coefficient (Wildman–Crippen LogP) is 3.00. The van der Waals surface area contributed by atoms with Crippen LogP contribution in [0.5, 0.6) is 0 Å². The number of halogens is 2. The Labute approximate surface area is 137 Å². The topological polar surface area (TPSA) is 53.2 Å². The van der Waals surface area contributed by atoms with Gasteiger partial charge in [-0.2, -0.15) is 0 Å². The quantitative estimate of drug-likeness (QED) is 0.459. The van der Waals surface area contributed by atoms with Crippen molar-refractivity contribution >= 4 is 35.0 Å². The molecule has 0 atom stereocenters. The first-order valence-corrected chi connectivity index (χ1v) is 7.00. The zero-order chi connectivity index (χ0) is 16.7. The molecule has 3 N–H and O–H groups in total. The molecule has 2 aromatic carbocycles. The Morgan fingerprint density at radius 1 is 0.913 bits per heavy atom. The monoisotopic (exact) mass is 333 g/mol. The molecule has 0 aromatic heterocycles. The Hall–Kier alpha value is -2.80. The molecule has 0 aliphatic heterocycles. The molecule has 4 nitrogen and oxygen atoms in total. The van der Waals surface area contributed by atoms with Gasteiger partial charge in [-0.25, -0.2) is 8.78 Å². The first kappa shape index (κ1) is 16.6. The van der Waals surface area contributed by atoms with E-state index in [1.165, 1.54) is 48.6 Å². The fraction of sp³-hybridized carbons (Fsp3) is 0. The van der Waals surface area contributed by atoms with Crippen LogP contribution >= 0.6 is 12.2 Å². The van der Waals surface area contributed by atoms with Crippen molar-refractivity contribution in [1.29, 1.82) is 0 Å². The summed E-state index contributed by atoms with van der Waals surface area (Å²) in [6.45, 7) is 0. The molecule has 118 valence electrons. The average molecular weight is 333 g/mol. The van der Waals surface area contributed by atoms with Crippen molar-refractivity contribution in [2.75, 3.05) is 5.32 Å². The third-order valence-corrected chi connectivity index (χ3v) is 2.90. The van der Waals surface area contributed by atoms with Gasteiger partial charge in [-0.05, 0) is 60.3 Å². The van der Waals surface area contributed by atoms with Crippen molar-refractivity contribution in [3.05, 3.63) is 71.8 Å². The standard InChI is InChI=1S/C16H13F2N3OS/c17-12-4-1-11(2-5-12)3-10-15(22)20-21-16(23)19-14-8-6-13(18)7-9-14/h1-10H,(H,20,22)(H2,19,21,23)/b10-3+. The van der Waals surface area contributed by atoms with Gasteiger partial charge in [0.1, 0.15) is 11.6 Å². The summed E-state index contributed by atoms with van der Waals surface area (Å²) in [6.07, 6.45) is 2.81. The van der Waals surface area contributed by atoms with Gasteiger partial charge in [-0.3, -0.25) is 15.6 Å². The Kier molecular flexibility index (Phi) is 5.76. The summed E-state index contributed by atoms with van der Waals surface area (Å²) in [5.41, 5.74) is 6.15. The summed E-state index contributed by atoms with van der Waals surface area (Å²) < 4.78 is 25.5. The molecule has 0 saturated heterocycles. The highest BCUT2D eigenvalue weighted by molar-refractivity contribution is 7.80. The van der Waals surface area contributed by atoms with E-state index < -0.39 is 5.91 Å². The molecule has 0 aliphatic rings. The van der Waals surface area contributed by atoms with E-state index in [1.807, 2.05) is 0 Å². The summed E-state index contributed by atoms with van der Waals surface area (Å²) in [6, 6.07) is 11.3. The fourth-order valence-corrected chi connectivity index (χ4v) is 1.77. The minimum Gasteiger partial charge on any atom is -0.331 e. The van der Waals surface area contributed by atoms with Gasteiger partial charge in [0.05, 0.1) is 0 Å². The van der Waals surface area contributed by atoms with Crippen LogP contribution < -0.4 is 16.2 Å². The smallest absolute Gasteiger partial charge is 0.262 e. The minimum absolute atomic E-state index is 0.153. The second kappa shape index (κ2) is 8.00. The first-order chi connectivity index (χ1) is 11.0. The lowest BCUT2D eigenvalue weighted by Crippen LogP contribution is -2.43. The number of anilines is 1. The van der Waals surface area contributed by atoms with Gasteiger partial charge < -0.3 is 5.32 Å². The lowest BCUT2D eigenvalue weighted by molar-refractivity contribution is -0.116. The largest absolute Gasteiger partial charge is 0.331 e. The molecule has 2 aromatic rings. The Morgan fingerprint density at radius 3 is 2.09 bits per heavy atom. The Morgan fingerprint density at radius 2 is 1.48 bits per heavy atom. The number of benzene rings is 2. The maximum Gasteiger partial charge on any atom is 0.262 e. The highest BCUT2D eigenvalue weighted by Gasteiger charge is 2.00. The molecule has 0 spiro atoms. The van der Waals surface area contributed by atoms with E-state index in [2.05, 4.69) is 16.2 Å². The molecule has 7 heteroatoms. The van der Waals surface area contributed by atoms with Crippen molar-refractivity contribution in [1.82, 2.24) is 10.9 Å². The number of hydrogen-bond acceptors (Lipinski definition) is 2. The highest BCUT2D eigenvalue weighted by atomic mass is 32.1. The first-order valence-electron chi connectivity index (χ1n) is 6.59. The summed E-state index contributed by atoms with van der Waals surface area (Å²) in [7, 11) is 0. The van der Waals surface area contributed by atoms with Crippen molar-refractivity contribution in [2.24, 2.45) is 0 Å². The second-order valence-electron chi connectivity index (χ2n) is 4.46. The molecular formula is C16H13F2N3OS. The van der Waals surface area contributed by atoms with Gasteiger partial charge in [0.15, 0.2) is 5.11 Å². The maximum absolute atomic E-state index is 12.8. The number of carbonyl (C=O) groups is 1. The van der Waals surface area contributed by atoms with Crippen LogP contribution in [0, 0.1) is 11.6 Å². The zero-order valence-electron chi connectivity index (χ0n) is 11.8. The molecule has 0 saturated carbocycles. The van der Waals surface area contributed by atoms with Crippen molar-refractivity contribution in [3.8, 4) is 0 Å². The van der Waals surface area contributed by atoms with Crippen LogP contribution in [0.2, 0.25) is 0 Å². The van der Waals surface area contributed by atoms with Crippen LogP contribution in [0.1, 0.15) is 5.56 Å². The second-order valence-corrected chi connectivity index (χ2v) is 4.87. The summed E-state index contributed by atoms with van der Waals surface area (Å²) in [5, 5.41) is 2.93. The molecule has 0 heterocycles. The third kappa shape index (κ3) is 5.84. The van der Waals surface area contributed by atoms with Gasteiger partial charge in [0.2, 0.25) is 0 Å². The van der Waals surface area contributed by atoms with Crippen LogP contribution in [-0.2, 0) is 4.79 Å². The third-order valence-electron chi connectivity index (χ3n) is 2.70. The van der Waals surface area contributed by atoms with Crippen LogP contribution in [0.4, 0.5) is 14.5 Å². The van der Waals surface area contributed by atoms with Crippen LogP contribution in [0.15, 0.2) is 54.6 Å². The highest BCUT2D eigenvalue weighted by Crippen LogP contribution is 2.07. The average Bonchev–Trinajstić information content (AvgIpc) is 2.54. The summed E-state index contributed by atoms with van der Waals surface area (Å²) in [4.78, 5) is 11.6. The number of hydrazine groups is 1. The summed E-state index contributed by atoms with van der Waals surface area (Å²) >= 11 is 4.98. The maximum atomic E-state index is 12.8. The van der Waals surface area contributed by atoms with E-state index in [0.717, 1.165) is 0 Å². The normalized spacial score (nSPS) is 10.3. The van der Waals surface area contributed by atoms with Gasteiger partial charge in [-0.15, -0.1) is 0 Å². The molecule has 0 aliphatic carbocycles. The van der Waals surface area contributed by atoms with E-state index >= 15 is 0 Å². The molecule has 0 unspecified atom stereocenters. The molecule has 0 bridgehead atoms. The summed E-state index contributed by atoms with van der Waals surface area (Å²) in [5.74, 6) is -1.13. The molecule has 23 heavy (non-hydrogen) atoms. The predicted molar refractivity (Wildman–Crippen MR) is 89.3 cm³/mol. The van der Waals surface area contributed by atoms with Crippen LogP contribution in [0.25, 0.3) is 6.08 Å². The van der Waals surface area contributed by atoms with E-state index in [-0.39, 0.29) is 16.7 Å². The van der Waals surface area contributed by atoms with Crippen LogP contribution in [0.3, 0.4) is 0 Å². The van der Waals surface area contributed by atoms with Gasteiger partial charge in [-0.1, -0.05) is 12.1 Å². The number of carbonyl (C=O) groups excluding carboxylic acids is 1. The van der Waals surface area contributed by atoms with Crippen LogP contribution in [-0.4, -0.2) is 11.0 Å². The zero-order valence-corrected chi connectivity index (χ0v) is 12.7. The fourth-order valence-electron chi connectivity index (χ4n) is 1.60. The number of rotatable bonds is 3. The van der Waals surface area contributed by atoms with Gasteiger partial charge >= 0.3 is 0 Å². The van der Waals surface area contributed by atoms with E-state index in [0.29, 0.717) is 11.3 Å². The van der Waals surface area contributed by atoms with E-state index in [4.69, 9.17) is 12.2 Å². The number of nitrogens with one attached hydrogen (secondary N) is 3.